The van der Waals surface area contributed by atoms with Crippen molar-refractivity contribution in [3.05, 3.63) is 36.5 Å². The first kappa shape index (κ1) is 17.1. The number of para-hydroxylation sites is 1. The molecular weight excluding hydrogens is 340 g/mol. The number of rotatable bonds is 8. The zero-order valence-electron chi connectivity index (χ0n) is 13.8. The molecule has 0 fully saturated rings. The topological polar surface area (TPSA) is 52.8 Å². The van der Waals surface area contributed by atoms with Crippen molar-refractivity contribution < 1.29 is 4.74 Å². The van der Waals surface area contributed by atoms with Gasteiger partial charge in [-0.1, -0.05) is 30.0 Å². The van der Waals surface area contributed by atoms with E-state index < -0.39 is 0 Å². The first-order chi connectivity index (χ1) is 11.8. The van der Waals surface area contributed by atoms with E-state index in [1.54, 1.807) is 23.5 Å². The van der Waals surface area contributed by atoms with Gasteiger partial charge in [0.15, 0.2) is 10.8 Å². The van der Waals surface area contributed by atoms with Crippen molar-refractivity contribution in [3.63, 3.8) is 0 Å². The monoisotopic (exact) mass is 360 g/mol. The molecule has 0 saturated carbocycles. The van der Waals surface area contributed by atoms with Gasteiger partial charge in [-0.15, -0.1) is 11.8 Å². The normalized spacial score (nSPS) is 11.1. The second-order valence-electron chi connectivity index (χ2n) is 5.19. The Morgan fingerprint density at radius 1 is 1.04 bits per heavy atom. The standard InChI is InChI=1S/C17H20N4OS2/c1-23-16-14-12-18-21(15(14)19-17(20-16)24-2)10-6-7-11-22-13-8-4-3-5-9-13/h3-5,8-9,12H,6-7,10-11H2,1-2H3. The van der Waals surface area contributed by atoms with Crippen LogP contribution in [-0.2, 0) is 6.54 Å². The van der Waals surface area contributed by atoms with E-state index >= 15 is 0 Å². The van der Waals surface area contributed by atoms with Gasteiger partial charge in [0.25, 0.3) is 0 Å². The van der Waals surface area contributed by atoms with Crippen molar-refractivity contribution in [3.8, 4) is 5.75 Å². The molecule has 0 spiro atoms. The number of hydrogen-bond acceptors (Lipinski definition) is 6. The number of nitrogens with zero attached hydrogens (tertiary/aromatic N) is 4. The highest BCUT2D eigenvalue weighted by Crippen LogP contribution is 2.25. The summed E-state index contributed by atoms with van der Waals surface area (Å²) in [6, 6.07) is 9.91. The lowest BCUT2D eigenvalue weighted by molar-refractivity contribution is 0.302. The van der Waals surface area contributed by atoms with Gasteiger partial charge in [-0.2, -0.15) is 5.10 Å². The van der Waals surface area contributed by atoms with Crippen molar-refractivity contribution in [2.45, 2.75) is 29.6 Å². The van der Waals surface area contributed by atoms with E-state index in [2.05, 4.69) is 15.1 Å². The molecule has 2 aromatic heterocycles. The van der Waals surface area contributed by atoms with E-state index in [0.29, 0.717) is 6.61 Å². The van der Waals surface area contributed by atoms with E-state index in [1.165, 1.54) is 0 Å². The minimum absolute atomic E-state index is 0.713. The van der Waals surface area contributed by atoms with Crippen LogP contribution >= 0.6 is 23.5 Å². The minimum atomic E-state index is 0.713. The number of hydrogen-bond donors (Lipinski definition) is 0. The molecule has 0 aliphatic heterocycles. The van der Waals surface area contributed by atoms with Gasteiger partial charge in [0.05, 0.1) is 18.2 Å². The van der Waals surface area contributed by atoms with Crippen LogP contribution in [0.5, 0.6) is 5.75 Å². The van der Waals surface area contributed by atoms with Crippen LogP contribution in [0.4, 0.5) is 0 Å². The number of ether oxygens (including phenoxy) is 1. The minimum Gasteiger partial charge on any atom is -0.494 e. The summed E-state index contributed by atoms with van der Waals surface area (Å²) < 4.78 is 7.70. The molecule has 126 valence electrons. The van der Waals surface area contributed by atoms with E-state index in [4.69, 9.17) is 4.74 Å². The van der Waals surface area contributed by atoms with Gasteiger partial charge in [-0.05, 0) is 37.5 Å². The predicted octanol–water partition coefficient (Wildman–Crippen LogP) is 4.13. The molecule has 5 nitrogen and oxygen atoms in total. The fourth-order valence-corrected chi connectivity index (χ4v) is 3.35. The second kappa shape index (κ2) is 8.39. The van der Waals surface area contributed by atoms with Gasteiger partial charge in [0.1, 0.15) is 10.8 Å². The van der Waals surface area contributed by atoms with Crippen LogP contribution in [0.1, 0.15) is 12.8 Å². The molecule has 0 amide bonds. The maximum atomic E-state index is 5.72. The lowest BCUT2D eigenvalue weighted by Gasteiger charge is -2.07. The molecule has 0 N–H and O–H groups in total. The van der Waals surface area contributed by atoms with Crippen LogP contribution in [-0.4, -0.2) is 38.9 Å². The van der Waals surface area contributed by atoms with Gasteiger partial charge in [0.2, 0.25) is 0 Å². The SMILES string of the molecule is CSc1nc(SC)c2cnn(CCCCOc3ccccc3)c2n1. The van der Waals surface area contributed by atoms with Gasteiger partial charge >= 0.3 is 0 Å². The van der Waals surface area contributed by atoms with Gasteiger partial charge in [-0.25, -0.2) is 14.6 Å². The fourth-order valence-electron chi connectivity index (χ4n) is 2.39. The summed E-state index contributed by atoms with van der Waals surface area (Å²) in [7, 11) is 0. The molecule has 0 unspecified atom stereocenters. The third kappa shape index (κ3) is 4.02. The molecule has 3 rings (SSSR count). The van der Waals surface area contributed by atoms with Crippen molar-refractivity contribution in [2.75, 3.05) is 19.1 Å². The van der Waals surface area contributed by atoms with Crippen molar-refractivity contribution in [1.29, 1.82) is 0 Å². The number of aryl methyl sites for hydroxylation is 1. The Kier molecular flexibility index (Phi) is 5.98. The molecule has 0 atom stereocenters. The summed E-state index contributed by atoms with van der Waals surface area (Å²) in [5, 5.41) is 7.30. The summed E-state index contributed by atoms with van der Waals surface area (Å²) in [4.78, 5) is 9.15. The van der Waals surface area contributed by atoms with Crippen molar-refractivity contribution in [1.82, 2.24) is 19.7 Å². The van der Waals surface area contributed by atoms with Crippen LogP contribution in [0, 0.1) is 0 Å². The number of benzene rings is 1. The van der Waals surface area contributed by atoms with Gasteiger partial charge in [0, 0.05) is 6.54 Å². The molecular formula is C17H20N4OS2. The van der Waals surface area contributed by atoms with E-state index in [1.807, 2.05) is 53.7 Å². The average molecular weight is 361 g/mol. The number of aromatic nitrogens is 4. The Balaban J connectivity index is 1.59. The quantitative estimate of drug-likeness (QED) is 0.261. The maximum Gasteiger partial charge on any atom is 0.190 e. The molecule has 24 heavy (non-hydrogen) atoms. The van der Waals surface area contributed by atoms with Gasteiger partial charge < -0.3 is 4.74 Å². The molecule has 0 aliphatic rings. The van der Waals surface area contributed by atoms with Crippen LogP contribution in [0.15, 0.2) is 46.7 Å². The Hall–Kier alpha value is -1.73. The first-order valence-electron chi connectivity index (χ1n) is 7.81. The summed E-state index contributed by atoms with van der Waals surface area (Å²) in [5.74, 6) is 0.920. The van der Waals surface area contributed by atoms with E-state index in [-0.39, 0.29) is 0 Å². The molecule has 7 heteroatoms. The highest BCUT2D eigenvalue weighted by Gasteiger charge is 2.11. The zero-order chi connectivity index (χ0) is 16.8. The number of unbranched alkanes of at least 4 members (excludes halogenated alkanes) is 1. The Morgan fingerprint density at radius 3 is 2.62 bits per heavy atom. The fraction of sp³-hybridized carbons (Fsp3) is 0.353. The van der Waals surface area contributed by atoms with Crippen LogP contribution in [0.2, 0.25) is 0 Å². The van der Waals surface area contributed by atoms with Crippen molar-refractivity contribution in [2.24, 2.45) is 0 Å². The largest absolute Gasteiger partial charge is 0.494 e. The van der Waals surface area contributed by atoms with Crippen molar-refractivity contribution >= 4 is 34.6 Å². The van der Waals surface area contributed by atoms with Crippen LogP contribution in [0.25, 0.3) is 11.0 Å². The van der Waals surface area contributed by atoms with Crippen LogP contribution < -0.4 is 4.74 Å². The average Bonchev–Trinajstić information content (AvgIpc) is 3.04. The first-order valence-corrected chi connectivity index (χ1v) is 10.3. The predicted molar refractivity (Wildman–Crippen MR) is 100 cm³/mol. The summed E-state index contributed by atoms with van der Waals surface area (Å²) >= 11 is 3.19. The molecule has 0 bridgehead atoms. The molecule has 0 aliphatic carbocycles. The highest BCUT2D eigenvalue weighted by atomic mass is 32.2. The zero-order valence-corrected chi connectivity index (χ0v) is 15.4. The smallest absolute Gasteiger partial charge is 0.190 e. The van der Waals surface area contributed by atoms with Gasteiger partial charge in [-0.3, -0.25) is 0 Å². The van der Waals surface area contributed by atoms with Crippen LogP contribution in [0.3, 0.4) is 0 Å². The Bertz CT molecular complexity index is 792. The maximum absolute atomic E-state index is 5.72. The molecule has 1 aromatic carbocycles. The lowest BCUT2D eigenvalue weighted by atomic mass is 10.3. The Labute approximate surface area is 150 Å². The summed E-state index contributed by atoms with van der Waals surface area (Å²) in [6.45, 7) is 1.55. The van der Waals surface area contributed by atoms with E-state index in [0.717, 1.165) is 46.4 Å². The number of thioether (sulfide) groups is 2. The summed E-state index contributed by atoms with van der Waals surface area (Å²) in [6.07, 6.45) is 7.87. The highest BCUT2D eigenvalue weighted by molar-refractivity contribution is 7.99. The molecule has 0 radical (unpaired) electrons. The van der Waals surface area contributed by atoms with E-state index in [9.17, 15) is 0 Å². The molecule has 2 heterocycles. The third-order valence-corrected chi connectivity index (χ3v) is 4.84. The lowest BCUT2D eigenvalue weighted by Crippen LogP contribution is -2.05. The molecule has 3 aromatic rings. The summed E-state index contributed by atoms with van der Waals surface area (Å²) in [5.41, 5.74) is 0.919. The second-order valence-corrected chi connectivity index (χ2v) is 6.76. The third-order valence-electron chi connectivity index (χ3n) is 3.59. The Morgan fingerprint density at radius 2 is 1.88 bits per heavy atom. The number of fused-ring (bicyclic) bond motifs is 1. The molecule has 0 saturated heterocycles.